The topological polar surface area (TPSA) is 21.3 Å². The van der Waals surface area contributed by atoms with Gasteiger partial charge in [-0.05, 0) is 55.7 Å². The van der Waals surface area contributed by atoms with Crippen LogP contribution in [-0.2, 0) is 12.8 Å². The molecule has 1 unspecified atom stereocenters. The maximum absolute atomic E-state index is 5.80. The molecule has 1 atom stereocenters. The highest BCUT2D eigenvalue weighted by molar-refractivity contribution is 5.44. The fourth-order valence-electron chi connectivity index (χ4n) is 3.12. The van der Waals surface area contributed by atoms with Gasteiger partial charge >= 0.3 is 0 Å². The van der Waals surface area contributed by atoms with Crippen molar-refractivity contribution in [3.05, 3.63) is 29.3 Å². The third-order valence-corrected chi connectivity index (χ3v) is 4.37. The van der Waals surface area contributed by atoms with E-state index in [0.717, 1.165) is 38.0 Å². The Morgan fingerprint density at radius 3 is 3.05 bits per heavy atom. The summed E-state index contributed by atoms with van der Waals surface area (Å²) in [4.78, 5) is 0. The second-order valence-electron chi connectivity index (χ2n) is 5.94. The van der Waals surface area contributed by atoms with Crippen molar-refractivity contribution in [2.24, 2.45) is 5.92 Å². The molecule has 1 aromatic rings. The summed E-state index contributed by atoms with van der Waals surface area (Å²) < 4.78 is 5.80. The van der Waals surface area contributed by atoms with E-state index in [0.29, 0.717) is 0 Å². The second kappa shape index (κ2) is 5.96. The first-order valence-electron chi connectivity index (χ1n) is 7.85. The molecule has 2 nitrogen and oxygen atoms in total. The van der Waals surface area contributed by atoms with Crippen molar-refractivity contribution in [3.8, 4) is 5.75 Å². The third kappa shape index (κ3) is 3.11. The Bertz CT molecular complexity index is 425. The molecule has 1 N–H and O–H groups in total. The van der Waals surface area contributed by atoms with Crippen molar-refractivity contribution in [1.82, 2.24) is 5.32 Å². The molecule has 2 heteroatoms. The van der Waals surface area contributed by atoms with Crippen LogP contribution < -0.4 is 10.1 Å². The molecule has 0 spiro atoms. The number of nitrogens with one attached hydrogen (secondary N) is 1. The van der Waals surface area contributed by atoms with Crippen LogP contribution in [0, 0.1) is 5.92 Å². The number of ether oxygens (including phenoxy) is 1. The minimum atomic E-state index is 0.720. The number of hydrogen-bond acceptors (Lipinski definition) is 2. The molecule has 0 saturated heterocycles. The second-order valence-corrected chi connectivity index (χ2v) is 5.94. The maximum atomic E-state index is 5.80. The van der Waals surface area contributed by atoms with Gasteiger partial charge in [0.2, 0.25) is 0 Å². The fourth-order valence-corrected chi connectivity index (χ4v) is 3.12. The van der Waals surface area contributed by atoms with Gasteiger partial charge in [-0.2, -0.15) is 0 Å². The fraction of sp³-hybridized carbons (Fsp3) is 0.647. The highest BCUT2D eigenvalue weighted by Crippen LogP contribution is 2.36. The summed E-state index contributed by atoms with van der Waals surface area (Å²) in [6.45, 7) is 4.27. The van der Waals surface area contributed by atoms with Gasteiger partial charge in [0.15, 0.2) is 0 Å². The largest absolute Gasteiger partial charge is 0.493 e. The molecule has 3 rings (SSSR count). The summed E-state index contributed by atoms with van der Waals surface area (Å²) >= 11 is 0. The normalized spacial score (nSPS) is 19.0. The summed E-state index contributed by atoms with van der Waals surface area (Å²) in [6, 6.07) is 7.36. The van der Waals surface area contributed by atoms with E-state index in [9.17, 15) is 0 Å². The smallest absolute Gasteiger partial charge is 0.125 e. The molecule has 1 saturated carbocycles. The van der Waals surface area contributed by atoms with E-state index in [1.54, 1.807) is 0 Å². The van der Waals surface area contributed by atoms with Crippen molar-refractivity contribution in [1.29, 1.82) is 0 Å². The van der Waals surface area contributed by atoms with E-state index in [1.807, 2.05) is 0 Å². The highest BCUT2D eigenvalue weighted by Gasteiger charge is 2.30. The summed E-state index contributed by atoms with van der Waals surface area (Å²) in [6.07, 6.45) is 7.57. The lowest BCUT2D eigenvalue weighted by molar-refractivity contribution is 0.351. The molecule has 1 aliphatic carbocycles. The molecule has 0 radical (unpaired) electrons. The molecular formula is C17H25NO. The van der Waals surface area contributed by atoms with Crippen molar-refractivity contribution >= 4 is 0 Å². The number of para-hydroxylation sites is 1. The van der Waals surface area contributed by atoms with Gasteiger partial charge < -0.3 is 10.1 Å². The van der Waals surface area contributed by atoms with Gasteiger partial charge in [-0.15, -0.1) is 0 Å². The molecule has 104 valence electrons. The predicted octanol–water partition coefficient (Wildman–Crippen LogP) is 3.33. The summed E-state index contributed by atoms with van der Waals surface area (Å²) in [7, 11) is 0. The average Bonchev–Trinajstić information content (AvgIpc) is 3.16. The maximum Gasteiger partial charge on any atom is 0.125 e. The monoisotopic (exact) mass is 259 g/mol. The lowest BCUT2D eigenvalue weighted by atomic mass is 9.99. The Morgan fingerprint density at radius 2 is 2.26 bits per heavy atom. The predicted molar refractivity (Wildman–Crippen MR) is 78.8 cm³/mol. The zero-order valence-corrected chi connectivity index (χ0v) is 12.0. The van der Waals surface area contributed by atoms with Crippen LogP contribution in [0.25, 0.3) is 0 Å². The number of benzene rings is 1. The molecule has 2 aliphatic rings. The van der Waals surface area contributed by atoms with Gasteiger partial charge in [0.05, 0.1) is 6.61 Å². The molecule has 0 aromatic heterocycles. The average molecular weight is 259 g/mol. The molecule has 0 bridgehead atoms. The number of aryl methyl sites for hydroxylation is 1. The zero-order valence-electron chi connectivity index (χ0n) is 12.0. The molecular weight excluding hydrogens is 234 g/mol. The van der Waals surface area contributed by atoms with Gasteiger partial charge in [-0.25, -0.2) is 0 Å². The van der Waals surface area contributed by atoms with E-state index in [2.05, 4.69) is 30.4 Å². The van der Waals surface area contributed by atoms with Crippen molar-refractivity contribution < 1.29 is 4.74 Å². The first-order valence-corrected chi connectivity index (χ1v) is 7.85. The standard InChI is InChI=1S/C17H25NO/c1-2-11-18-16(13-6-7-13)9-8-14-4-3-5-15-10-12-19-17(14)15/h3-5,13,16,18H,2,6-12H2,1H3. The molecule has 19 heavy (non-hydrogen) atoms. The van der Waals surface area contributed by atoms with Crippen LogP contribution in [-0.4, -0.2) is 19.2 Å². The quantitative estimate of drug-likeness (QED) is 0.811. The summed E-state index contributed by atoms with van der Waals surface area (Å²) in [5, 5.41) is 3.73. The summed E-state index contributed by atoms with van der Waals surface area (Å²) in [5.74, 6) is 2.12. The third-order valence-electron chi connectivity index (χ3n) is 4.37. The Labute approximate surface area is 116 Å². The minimum absolute atomic E-state index is 0.720. The van der Waals surface area contributed by atoms with Gasteiger partial charge in [0.25, 0.3) is 0 Å². The van der Waals surface area contributed by atoms with Gasteiger partial charge in [0.1, 0.15) is 5.75 Å². The van der Waals surface area contributed by atoms with Crippen LogP contribution in [0.2, 0.25) is 0 Å². The molecule has 1 fully saturated rings. The molecule has 1 heterocycles. The van der Waals surface area contributed by atoms with Crippen LogP contribution in [0.5, 0.6) is 5.75 Å². The van der Waals surface area contributed by atoms with E-state index in [1.165, 1.54) is 42.6 Å². The Morgan fingerprint density at radius 1 is 1.37 bits per heavy atom. The lowest BCUT2D eigenvalue weighted by Crippen LogP contribution is -2.32. The molecule has 1 aromatic carbocycles. The lowest BCUT2D eigenvalue weighted by Gasteiger charge is -2.18. The molecule has 1 aliphatic heterocycles. The SMILES string of the molecule is CCCNC(CCc1cccc2c1OCC2)C1CC1. The van der Waals surface area contributed by atoms with Gasteiger partial charge in [-0.3, -0.25) is 0 Å². The van der Waals surface area contributed by atoms with E-state index >= 15 is 0 Å². The van der Waals surface area contributed by atoms with Crippen LogP contribution in [0.1, 0.15) is 43.7 Å². The highest BCUT2D eigenvalue weighted by atomic mass is 16.5. The van der Waals surface area contributed by atoms with Crippen LogP contribution in [0.3, 0.4) is 0 Å². The minimum Gasteiger partial charge on any atom is -0.493 e. The van der Waals surface area contributed by atoms with Crippen LogP contribution in [0.15, 0.2) is 18.2 Å². The van der Waals surface area contributed by atoms with Gasteiger partial charge in [-0.1, -0.05) is 25.1 Å². The number of rotatable bonds is 7. The Kier molecular flexibility index (Phi) is 4.07. The van der Waals surface area contributed by atoms with Crippen molar-refractivity contribution in [2.75, 3.05) is 13.2 Å². The first-order chi connectivity index (χ1) is 9.38. The zero-order chi connectivity index (χ0) is 13.1. The van der Waals surface area contributed by atoms with E-state index in [-0.39, 0.29) is 0 Å². The first kappa shape index (κ1) is 13.0. The van der Waals surface area contributed by atoms with Crippen LogP contribution in [0.4, 0.5) is 0 Å². The molecule has 0 amide bonds. The van der Waals surface area contributed by atoms with Crippen LogP contribution >= 0.6 is 0 Å². The Balaban J connectivity index is 1.60. The van der Waals surface area contributed by atoms with Gasteiger partial charge in [0, 0.05) is 12.5 Å². The van der Waals surface area contributed by atoms with E-state index in [4.69, 9.17) is 4.74 Å². The van der Waals surface area contributed by atoms with Crippen molar-refractivity contribution in [3.63, 3.8) is 0 Å². The number of hydrogen-bond donors (Lipinski definition) is 1. The van der Waals surface area contributed by atoms with Crippen molar-refractivity contribution in [2.45, 2.75) is 51.5 Å². The summed E-state index contributed by atoms with van der Waals surface area (Å²) in [5.41, 5.74) is 2.82. The van der Waals surface area contributed by atoms with E-state index < -0.39 is 0 Å². The Hall–Kier alpha value is -1.02. The number of fused-ring (bicyclic) bond motifs is 1.